The van der Waals surface area contributed by atoms with Gasteiger partial charge in [-0.25, -0.2) is 0 Å². The maximum Gasteiger partial charge on any atom is 0.316 e. The highest BCUT2D eigenvalue weighted by Crippen LogP contribution is 2.25. The molecule has 0 aromatic carbocycles. The second-order valence-electron chi connectivity index (χ2n) is 5.01. The summed E-state index contributed by atoms with van der Waals surface area (Å²) in [7, 11) is 0. The first-order valence-electron chi connectivity index (χ1n) is 5.82. The topological polar surface area (TPSA) is 43.4 Å². The summed E-state index contributed by atoms with van der Waals surface area (Å²) in [5.74, 6) is -0.143. The Morgan fingerprint density at radius 3 is 2.53 bits per heavy atom. The van der Waals surface area contributed by atoms with Crippen LogP contribution in [0.2, 0.25) is 4.34 Å². The van der Waals surface area contributed by atoms with Gasteiger partial charge in [-0.2, -0.15) is 0 Å². The molecule has 3 nitrogen and oxygen atoms in total. The van der Waals surface area contributed by atoms with Gasteiger partial charge in [-0.15, -0.1) is 23.1 Å². The number of thioether (sulfide) groups is 1. The third-order valence-corrected chi connectivity index (χ3v) is 4.42. The number of carbonyl (C=O) groups is 2. The van der Waals surface area contributed by atoms with Gasteiger partial charge in [-0.1, -0.05) is 11.6 Å². The number of hydrogen-bond donors (Lipinski definition) is 0. The van der Waals surface area contributed by atoms with Crippen LogP contribution in [-0.2, 0) is 9.53 Å². The standard InChI is InChI=1S/C13H17ClO3S2/c1-8(12(16)9-5-6-10(14)19-9)18-7-11(15)17-13(2,3)4/h5-6,8H,7H2,1-4H3. The number of Topliss-reactive ketones (excluding diaryl/α,β-unsaturated/α-hetero) is 1. The number of rotatable bonds is 5. The lowest BCUT2D eigenvalue weighted by Crippen LogP contribution is -2.26. The van der Waals surface area contributed by atoms with Crippen LogP contribution in [0.1, 0.15) is 37.4 Å². The van der Waals surface area contributed by atoms with Crippen molar-refractivity contribution in [2.45, 2.75) is 38.5 Å². The molecule has 1 heterocycles. The van der Waals surface area contributed by atoms with Crippen LogP contribution in [-0.4, -0.2) is 28.4 Å². The van der Waals surface area contributed by atoms with E-state index in [-0.39, 0.29) is 22.8 Å². The molecule has 0 N–H and O–H groups in total. The molecule has 6 heteroatoms. The molecule has 1 aromatic rings. The minimum atomic E-state index is -0.494. The van der Waals surface area contributed by atoms with Gasteiger partial charge in [0.15, 0.2) is 5.78 Å². The van der Waals surface area contributed by atoms with Crippen molar-refractivity contribution in [2.75, 3.05) is 5.75 Å². The summed E-state index contributed by atoms with van der Waals surface area (Å²) in [6.07, 6.45) is 0. The van der Waals surface area contributed by atoms with E-state index in [2.05, 4.69) is 0 Å². The molecule has 0 aliphatic carbocycles. The van der Waals surface area contributed by atoms with Crippen LogP contribution >= 0.6 is 34.7 Å². The van der Waals surface area contributed by atoms with E-state index in [0.717, 1.165) is 0 Å². The van der Waals surface area contributed by atoms with Gasteiger partial charge in [0.05, 0.1) is 20.2 Å². The summed E-state index contributed by atoms with van der Waals surface area (Å²) < 4.78 is 5.78. The maximum absolute atomic E-state index is 12.0. The van der Waals surface area contributed by atoms with Gasteiger partial charge >= 0.3 is 5.97 Å². The number of thiophene rings is 1. The molecule has 0 saturated carbocycles. The van der Waals surface area contributed by atoms with E-state index in [1.54, 1.807) is 19.1 Å². The number of carbonyl (C=O) groups excluding carboxylic acids is 2. The Bertz CT molecular complexity index is 463. The average molecular weight is 321 g/mol. The second kappa shape index (κ2) is 6.77. The first-order valence-corrected chi connectivity index (χ1v) is 8.06. The molecule has 1 atom stereocenters. The second-order valence-corrected chi connectivity index (χ2v) is 8.05. The monoisotopic (exact) mass is 320 g/mol. The summed E-state index contributed by atoms with van der Waals surface area (Å²) in [6, 6.07) is 3.41. The van der Waals surface area contributed by atoms with Crippen LogP contribution in [0.25, 0.3) is 0 Å². The Balaban J connectivity index is 2.45. The van der Waals surface area contributed by atoms with Crippen molar-refractivity contribution in [3.05, 3.63) is 21.3 Å². The third kappa shape index (κ3) is 5.97. The summed E-state index contributed by atoms with van der Waals surface area (Å²) in [5.41, 5.74) is -0.494. The van der Waals surface area contributed by atoms with Crippen LogP contribution < -0.4 is 0 Å². The van der Waals surface area contributed by atoms with E-state index in [4.69, 9.17) is 16.3 Å². The van der Waals surface area contributed by atoms with Crippen molar-refractivity contribution < 1.29 is 14.3 Å². The molecule has 1 unspecified atom stereocenters. The molecular weight excluding hydrogens is 304 g/mol. The summed E-state index contributed by atoms with van der Waals surface area (Å²) in [5, 5.41) is -0.290. The predicted octanol–water partition coefficient (Wildman–Crippen LogP) is 4.05. The van der Waals surface area contributed by atoms with E-state index in [9.17, 15) is 9.59 Å². The lowest BCUT2D eigenvalue weighted by molar-refractivity contribution is -0.151. The predicted molar refractivity (Wildman–Crippen MR) is 81.4 cm³/mol. The Hall–Kier alpha value is -0.520. The number of ether oxygens (including phenoxy) is 1. The van der Waals surface area contributed by atoms with E-state index >= 15 is 0 Å². The zero-order valence-corrected chi connectivity index (χ0v) is 13.7. The normalized spacial score (nSPS) is 13.1. The highest BCUT2D eigenvalue weighted by molar-refractivity contribution is 8.01. The van der Waals surface area contributed by atoms with Crippen molar-refractivity contribution in [3.63, 3.8) is 0 Å². The van der Waals surface area contributed by atoms with Crippen LogP contribution in [0.3, 0.4) is 0 Å². The summed E-state index contributed by atoms with van der Waals surface area (Å²) in [6.45, 7) is 7.23. The molecular formula is C13H17ClO3S2. The van der Waals surface area contributed by atoms with E-state index in [1.807, 2.05) is 20.8 Å². The Morgan fingerprint density at radius 1 is 1.42 bits per heavy atom. The van der Waals surface area contributed by atoms with Crippen LogP contribution in [0.5, 0.6) is 0 Å². The average Bonchev–Trinajstić information content (AvgIpc) is 2.69. The summed E-state index contributed by atoms with van der Waals surface area (Å²) >= 11 is 8.33. The zero-order valence-electron chi connectivity index (χ0n) is 11.4. The SMILES string of the molecule is CC(SCC(=O)OC(C)(C)C)C(=O)c1ccc(Cl)s1. The number of esters is 1. The third-order valence-electron chi connectivity index (χ3n) is 2.06. The Kier molecular flexibility index (Phi) is 5.89. The highest BCUT2D eigenvalue weighted by Gasteiger charge is 2.21. The van der Waals surface area contributed by atoms with Crippen molar-refractivity contribution in [1.82, 2.24) is 0 Å². The molecule has 0 bridgehead atoms. The van der Waals surface area contributed by atoms with Gasteiger partial charge in [-0.3, -0.25) is 9.59 Å². The molecule has 106 valence electrons. The van der Waals surface area contributed by atoms with Gasteiger partial charge in [-0.05, 0) is 39.8 Å². The van der Waals surface area contributed by atoms with Crippen molar-refractivity contribution in [2.24, 2.45) is 0 Å². The molecule has 0 fully saturated rings. The number of hydrogen-bond acceptors (Lipinski definition) is 5. The first-order chi connectivity index (χ1) is 8.69. The molecule has 0 radical (unpaired) electrons. The molecule has 0 amide bonds. The quantitative estimate of drug-likeness (QED) is 0.606. The fourth-order valence-electron chi connectivity index (χ4n) is 1.29. The van der Waals surface area contributed by atoms with Crippen molar-refractivity contribution in [1.29, 1.82) is 0 Å². The lowest BCUT2D eigenvalue weighted by Gasteiger charge is -2.19. The maximum atomic E-state index is 12.0. The van der Waals surface area contributed by atoms with Crippen LogP contribution in [0, 0.1) is 0 Å². The largest absolute Gasteiger partial charge is 0.459 e. The van der Waals surface area contributed by atoms with Gasteiger partial charge in [0, 0.05) is 0 Å². The fourth-order valence-corrected chi connectivity index (χ4v) is 3.16. The lowest BCUT2D eigenvalue weighted by atomic mass is 10.2. The van der Waals surface area contributed by atoms with Gasteiger partial charge in [0.1, 0.15) is 5.60 Å². The molecule has 0 saturated heterocycles. The number of halogens is 1. The van der Waals surface area contributed by atoms with E-state index < -0.39 is 5.60 Å². The van der Waals surface area contributed by atoms with Crippen molar-refractivity contribution in [3.8, 4) is 0 Å². The highest BCUT2D eigenvalue weighted by atomic mass is 35.5. The van der Waals surface area contributed by atoms with Gasteiger partial charge in [0.2, 0.25) is 0 Å². The Labute approximate surface area is 126 Å². The molecule has 19 heavy (non-hydrogen) atoms. The zero-order chi connectivity index (χ0) is 14.6. The molecule has 1 aromatic heterocycles. The molecule has 0 spiro atoms. The van der Waals surface area contributed by atoms with Gasteiger partial charge < -0.3 is 4.74 Å². The first kappa shape index (κ1) is 16.5. The Morgan fingerprint density at radius 2 is 2.05 bits per heavy atom. The fraction of sp³-hybridized carbons (Fsp3) is 0.538. The minimum Gasteiger partial charge on any atom is -0.459 e. The smallest absolute Gasteiger partial charge is 0.316 e. The molecule has 0 aliphatic heterocycles. The minimum absolute atomic E-state index is 0.00883. The van der Waals surface area contributed by atoms with Crippen LogP contribution in [0.15, 0.2) is 12.1 Å². The van der Waals surface area contributed by atoms with E-state index in [1.165, 1.54) is 23.1 Å². The van der Waals surface area contributed by atoms with E-state index in [0.29, 0.717) is 9.21 Å². The van der Waals surface area contributed by atoms with Crippen LogP contribution in [0.4, 0.5) is 0 Å². The van der Waals surface area contributed by atoms with Crippen molar-refractivity contribution >= 4 is 46.5 Å². The molecule has 1 rings (SSSR count). The van der Waals surface area contributed by atoms with Gasteiger partial charge in [0.25, 0.3) is 0 Å². The molecule has 0 aliphatic rings. The number of ketones is 1. The summed E-state index contributed by atoms with van der Waals surface area (Å²) in [4.78, 5) is 24.2.